The summed E-state index contributed by atoms with van der Waals surface area (Å²) in [7, 11) is 0. The maximum atomic E-state index is 12.4. The third kappa shape index (κ3) is 3.44. The van der Waals surface area contributed by atoms with Crippen molar-refractivity contribution < 1.29 is 14.7 Å². The minimum Gasteiger partial charge on any atom is -0.481 e. The van der Waals surface area contributed by atoms with Crippen molar-refractivity contribution in [2.45, 2.75) is 64.5 Å². The Morgan fingerprint density at radius 3 is 2.55 bits per heavy atom. The van der Waals surface area contributed by atoms with Gasteiger partial charge in [0.2, 0.25) is 0 Å². The fourth-order valence-electron chi connectivity index (χ4n) is 3.49. The van der Waals surface area contributed by atoms with Gasteiger partial charge in [0.1, 0.15) is 0 Å². The molecule has 0 aromatic heterocycles. The van der Waals surface area contributed by atoms with Crippen LogP contribution in [0.5, 0.6) is 0 Å². The highest BCUT2D eigenvalue weighted by atomic mass is 16.4. The number of hydrogen-bond donors (Lipinski definition) is 2. The predicted octanol–water partition coefficient (Wildman–Crippen LogP) is 2.46. The van der Waals surface area contributed by atoms with Crippen LogP contribution in [-0.4, -0.2) is 40.6 Å². The van der Waals surface area contributed by atoms with Gasteiger partial charge in [-0.3, -0.25) is 4.79 Å². The van der Waals surface area contributed by atoms with Gasteiger partial charge in [-0.05, 0) is 43.9 Å². The summed E-state index contributed by atoms with van der Waals surface area (Å²) in [5.41, 5.74) is 0. The quantitative estimate of drug-likeness (QED) is 0.835. The second-order valence-electron chi connectivity index (χ2n) is 6.41. The Hall–Kier alpha value is -1.26. The molecule has 5 heteroatoms. The van der Waals surface area contributed by atoms with Gasteiger partial charge in [0.25, 0.3) is 0 Å². The molecular formula is C15H26N2O3. The van der Waals surface area contributed by atoms with Gasteiger partial charge in [-0.25, -0.2) is 4.79 Å². The molecule has 1 aliphatic heterocycles. The summed E-state index contributed by atoms with van der Waals surface area (Å²) in [5, 5.41) is 12.1. The Bertz CT molecular complexity index is 372. The number of nitrogens with zero attached hydrogens (tertiary/aromatic N) is 1. The summed E-state index contributed by atoms with van der Waals surface area (Å²) in [6.07, 6.45) is 5.04. The lowest BCUT2D eigenvalue weighted by Gasteiger charge is -2.36. The highest BCUT2D eigenvalue weighted by Crippen LogP contribution is 2.31. The molecule has 5 nitrogen and oxygen atoms in total. The summed E-state index contributed by atoms with van der Waals surface area (Å²) in [6.45, 7) is 5.10. The molecule has 2 N–H and O–H groups in total. The van der Waals surface area contributed by atoms with E-state index in [0.29, 0.717) is 18.4 Å². The molecule has 20 heavy (non-hydrogen) atoms. The molecule has 114 valence electrons. The number of nitrogens with one attached hydrogen (secondary N) is 1. The lowest BCUT2D eigenvalue weighted by Crippen LogP contribution is -2.52. The summed E-state index contributed by atoms with van der Waals surface area (Å²) in [4.78, 5) is 25.1. The minimum atomic E-state index is -0.822. The van der Waals surface area contributed by atoms with E-state index in [4.69, 9.17) is 5.11 Å². The molecule has 2 fully saturated rings. The second kappa shape index (κ2) is 6.46. The first-order valence-electron chi connectivity index (χ1n) is 7.78. The molecule has 0 aromatic rings. The normalized spacial score (nSPS) is 34.0. The van der Waals surface area contributed by atoms with Crippen LogP contribution >= 0.6 is 0 Å². The van der Waals surface area contributed by atoms with Crippen LogP contribution in [0, 0.1) is 11.8 Å². The molecule has 2 aliphatic rings. The maximum Gasteiger partial charge on any atom is 0.317 e. The number of carboxylic acid groups (broad SMARTS) is 1. The van der Waals surface area contributed by atoms with E-state index >= 15 is 0 Å². The molecule has 1 aliphatic carbocycles. The fraction of sp³-hybridized carbons (Fsp3) is 0.867. The van der Waals surface area contributed by atoms with Crippen LogP contribution in [0.15, 0.2) is 0 Å². The molecule has 4 atom stereocenters. The lowest BCUT2D eigenvalue weighted by atomic mass is 9.97. The molecule has 0 aromatic carbocycles. The van der Waals surface area contributed by atoms with Crippen LogP contribution < -0.4 is 5.32 Å². The molecular weight excluding hydrogens is 256 g/mol. The number of amides is 2. The van der Waals surface area contributed by atoms with Crippen LogP contribution in [-0.2, 0) is 4.79 Å². The molecule has 1 heterocycles. The first-order valence-corrected chi connectivity index (χ1v) is 7.78. The van der Waals surface area contributed by atoms with E-state index in [1.165, 1.54) is 0 Å². The second-order valence-corrected chi connectivity index (χ2v) is 6.41. The van der Waals surface area contributed by atoms with Crippen molar-refractivity contribution in [1.29, 1.82) is 0 Å². The molecule has 0 spiro atoms. The number of urea groups is 1. The number of aliphatic carboxylic acids is 1. The molecule has 1 saturated heterocycles. The summed E-state index contributed by atoms with van der Waals surface area (Å²) in [5.74, 6) is 0.329. The van der Waals surface area contributed by atoms with Crippen molar-refractivity contribution in [2.24, 2.45) is 11.8 Å². The van der Waals surface area contributed by atoms with E-state index in [2.05, 4.69) is 19.2 Å². The van der Waals surface area contributed by atoms with Gasteiger partial charge in [-0.2, -0.15) is 0 Å². The Balaban J connectivity index is 1.94. The monoisotopic (exact) mass is 282 g/mol. The van der Waals surface area contributed by atoms with Crippen LogP contribution in [0.2, 0.25) is 0 Å². The maximum absolute atomic E-state index is 12.4. The SMILES string of the molecule is CC1CCC(NC(=O)N2CCCCC2CC(=O)O)C1C. The topological polar surface area (TPSA) is 69.6 Å². The third-order valence-corrected chi connectivity index (χ3v) is 5.07. The van der Waals surface area contributed by atoms with Gasteiger partial charge in [0, 0.05) is 18.6 Å². The zero-order valence-corrected chi connectivity index (χ0v) is 12.5. The number of piperidine rings is 1. The summed E-state index contributed by atoms with van der Waals surface area (Å²) in [6, 6.07) is 0.0298. The average Bonchev–Trinajstić information content (AvgIpc) is 2.70. The smallest absolute Gasteiger partial charge is 0.317 e. The van der Waals surface area contributed by atoms with Crippen LogP contribution in [0.1, 0.15) is 52.4 Å². The molecule has 2 amide bonds. The van der Waals surface area contributed by atoms with Crippen LogP contribution in [0.4, 0.5) is 4.79 Å². The number of carboxylic acids is 1. The first kappa shape index (κ1) is 15.1. The van der Waals surface area contributed by atoms with Gasteiger partial charge in [0.05, 0.1) is 6.42 Å². The van der Waals surface area contributed by atoms with Crippen molar-refractivity contribution in [3.8, 4) is 0 Å². The molecule has 4 unspecified atom stereocenters. The molecule has 0 bridgehead atoms. The van der Waals surface area contributed by atoms with Crippen LogP contribution in [0.25, 0.3) is 0 Å². The number of rotatable bonds is 3. The molecule has 0 radical (unpaired) electrons. The third-order valence-electron chi connectivity index (χ3n) is 5.07. The van der Waals surface area contributed by atoms with E-state index in [9.17, 15) is 9.59 Å². The van der Waals surface area contributed by atoms with Crippen molar-refractivity contribution in [2.75, 3.05) is 6.54 Å². The van der Waals surface area contributed by atoms with Crippen molar-refractivity contribution in [3.05, 3.63) is 0 Å². The van der Waals surface area contributed by atoms with Crippen molar-refractivity contribution >= 4 is 12.0 Å². The highest BCUT2D eigenvalue weighted by Gasteiger charge is 2.34. The van der Waals surface area contributed by atoms with Gasteiger partial charge in [-0.1, -0.05) is 13.8 Å². The van der Waals surface area contributed by atoms with E-state index < -0.39 is 5.97 Å². The number of hydrogen-bond acceptors (Lipinski definition) is 2. The Morgan fingerprint density at radius 2 is 1.95 bits per heavy atom. The first-order chi connectivity index (χ1) is 9.49. The number of carbonyl (C=O) groups excluding carboxylic acids is 1. The van der Waals surface area contributed by atoms with E-state index in [1.807, 2.05) is 0 Å². The summed E-state index contributed by atoms with van der Waals surface area (Å²) >= 11 is 0. The standard InChI is InChI=1S/C15H26N2O3/c1-10-6-7-13(11(10)2)16-15(20)17-8-4-3-5-12(17)9-14(18)19/h10-13H,3-9H2,1-2H3,(H,16,20)(H,18,19). The Morgan fingerprint density at radius 1 is 1.20 bits per heavy atom. The van der Waals surface area contributed by atoms with Crippen molar-refractivity contribution in [3.63, 3.8) is 0 Å². The Labute approximate surface area is 120 Å². The van der Waals surface area contributed by atoms with E-state index in [-0.39, 0.29) is 24.5 Å². The zero-order chi connectivity index (χ0) is 14.7. The van der Waals surface area contributed by atoms with Crippen molar-refractivity contribution in [1.82, 2.24) is 10.2 Å². The van der Waals surface area contributed by atoms with Gasteiger partial charge in [-0.15, -0.1) is 0 Å². The largest absolute Gasteiger partial charge is 0.481 e. The molecule has 2 rings (SSSR count). The Kier molecular flexibility index (Phi) is 4.89. The number of likely N-dealkylation sites (tertiary alicyclic amines) is 1. The number of carbonyl (C=O) groups is 2. The van der Waals surface area contributed by atoms with E-state index in [1.54, 1.807) is 4.90 Å². The minimum absolute atomic E-state index is 0.0596. The lowest BCUT2D eigenvalue weighted by molar-refractivity contribution is -0.138. The predicted molar refractivity (Wildman–Crippen MR) is 76.5 cm³/mol. The average molecular weight is 282 g/mol. The highest BCUT2D eigenvalue weighted by molar-refractivity contribution is 5.76. The van der Waals surface area contributed by atoms with Gasteiger partial charge >= 0.3 is 12.0 Å². The fourth-order valence-corrected chi connectivity index (χ4v) is 3.49. The summed E-state index contributed by atoms with van der Waals surface area (Å²) < 4.78 is 0. The van der Waals surface area contributed by atoms with Gasteiger partial charge in [0.15, 0.2) is 0 Å². The van der Waals surface area contributed by atoms with Crippen LogP contribution in [0.3, 0.4) is 0 Å². The van der Waals surface area contributed by atoms with Gasteiger partial charge < -0.3 is 15.3 Å². The molecule has 1 saturated carbocycles. The van der Waals surface area contributed by atoms with E-state index in [0.717, 1.165) is 32.1 Å². The zero-order valence-electron chi connectivity index (χ0n) is 12.5.